The van der Waals surface area contributed by atoms with E-state index < -0.39 is 0 Å². The van der Waals surface area contributed by atoms with Crippen LogP contribution < -0.4 is 10.3 Å². The SMILES string of the molecule is CCn1c(-c2ccc(OC)cc2Br)[c-]cc(Cl)c1=O.[Y]. The fraction of sp³-hybridized carbons (Fsp3) is 0.214. The quantitative estimate of drug-likeness (QED) is 0.695. The molecule has 0 bridgehead atoms. The van der Waals surface area contributed by atoms with E-state index in [4.69, 9.17) is 16.3 Å². The summed E-state index contributed by atoms with van der Waals surface area (Å²) in [6.07, 6.45) is 0. The third kappa shape index (κ3) is 3.53. The minimum Gasteiger partial charge on any atom is -0.497 e. The van der Waals surface area contributed by atoms with Crippen molar-refractivity contribution < 1.29 is 37.4 Å². The summed E-state index contributed by atoms with van der Waals surface area (Å²) in [5.74, 6) is 0.745. The van der Waals surface area contributed by atoms with Crippen LogP contribution in [0, 0.1) is 6.07 Å². The van der Waals surface area contributed by atoms with Crippen molar-refractivity contribution in [3.8, 4) is 17.0 Å². The Balaban J connectivity index is 0.00000200. The van der Waals surface area contributed by atoms with Gasteiger partial charge in [0.05, 0.1) is 7.11 Å². The van der Waals surface area contributed by atoms with Gasteiger partial charge >= 0.3 is 0 Å². The number of hydrogen-bond acceptors (Lipinski definition) is 2. The summed E-state index contributed by atoms with van der Waals surface area (Å²) >= 11 is 9.33. The first-order valence-corrected chi connectivity index (χ1v) is 6.90. The van der Waals surface area contributed by atoms with Gasteiger partial charge in [0.1, 0.15) is 5.75 Å². The number of ether oxygens (including phenoxy) is 1. The third-order valence-corrected chi connectivity index (χ3v) is 3.73. The van der Waals surface area contributed by atoms with Crippen molar-refractivity contribution in [1.29, 1.82) is 0 Å². The summed E-state index contributed by atoms with van der Waals surface area (Å²) in [6.45, 7) is 2.43. The van der Waals surface area contributed by atoms with E-state index in [2.05, 4.69) is 22.0 Å². The molecule has 0 saturated heterocycles. The Hall–Kier alpha value is -0.156. The van der Waals surface area contributed by atoms with Gasteiger partial charge in [0.15, 0.2) is 0 Å². The van der Waals surface area contributed by atoms with E-state index in [1.54, 1.807) is 11.7 Å². The Labute approximate surface area is 156 Å². The van der Waals surface area contributed by atoms with Gasteiger partial charge in [0, 0.05) is 44.3 Å². The molecule has 0 spiro atoms. The molecule has 0 fully saturated rings. The van der Waals surface area contributed by atoms with Crippen molar-refractivity contribution in [1.82, 2.24) is 4.57 Å². The summed E-state index contributed by atoms with van der Waals surface area (Å²) in [7, 11) is 1.61. The zero-order chi connectivity index (χ0) is 14.0. The number of hydrogen-bond donors (Lipinski definition) is 0. The standard InChI is InChI=1S/C14H12BrClNO2.Y/c1-3-17-13(7-6-12(16)14(17)18)10-5-4-9(19-2)8-11(10)15;/h4-6,8H,3H2,1-2H3;/q-1;. The average Bonchev–Trinajstić information content (AvgIpc) is 2.42. The summed E-state index contributed by atoms with van der Waals surface area (Å²) in [6, 6.07) is 10.1. The van der Waals surface area contributed by atoms with E-state index in [0.29, 0.717) is 12.2 Å². The van der Waals surface area contributed by atoms with E-state index in [9.17, 15) is 4.79 Å². The molecular formula is C14H12BrClNO2Y-. The maximum Gasteiger partial charge on any atom is 0.212 e. The largest absolute Gasteiger partial charge is 0.497 e. The fourth-order valence-corrected chi connectivity index (χ4v) is 2.54. The normalized spacial score (nSPS) is 10.0. The molecule has 103 valence electrons. The van der Waals surface area contributed by atoms with E-state index in [1.807, 2.05) is 25.1 Å². The molecule has 0 amide bonds. The van der Waals surface area contributed by atoms with Crippen LogP contribution in [0.5, 0.6) is 5.75 Å². The van der Waals surface area contributed by atoms with Crippen LogP contribution in [0.25, 0.3) is 11.3 Å². The predicted molar refractivity (Wildman–Crippen MR) is 79.9 cm³/mol. The van der Waals surface area contributed by atoms with Crippen molar-refractivity contribution in [3.63, 3.8) is 0 Å². The van der Waals surface area contributed by atoms with E-state index >= 15 is 0 Å². The first-order valence-electron chi connectivity index (χ1n) is 5.73. The molecule has 20 heavy (non-hydrogen) atoms. The Kier molecular flexibility index (Phi) is 6.92. The summed E-state index contributed by atoms with van der Waals surface area (Å²) < 4.78 is 7.59. The zero-order valence-electron chi connectivity index (χ0n) is 11.1. The van der Waals surface area contributed by atoms with E-state index in [-0.39, 0.29) is 43.3 Å². The van der Waals surface area contributed by atoms with Crippen LogP contribution in [0.2, 0.25) is 5.02 Å². The molecule has 0 N–H and O–H groups in total. The van der Waals surface area contributed by atoms with Gasteiger partial charge in [0.2, 0.25) is 5.56 Å². The van der Waals surface area contributed by atoms with Crippen LogP contribution in [-0.2, 0) is 39.3 Å². The molecule has 0 aliphatic rings. The van der Waals surface area contributed by atoms with Crippen molar-refractivity contribution in [2.24, 2.45) is 0 Å². The first kappa shape index (κ1) is 17.9. The molecule has 3 nitrogen and oxygen atoms in total. The van der Waals surface area contributed by atoms with Gasteiger partial charge in [-0.05, 0) is 23.5 Å². The van der Waals surface area contributed by atoms with E-state index in [1.165, 1.54) is 6.07 Å². The van der Waals surface area contributed by atoms with Gasteiger partial charge in [-0.2, -0.15) is 23.7 Å². The van der Waals surface area contributed by atoms with Crippen LogP contribution in [0.4, 0.5) is 0 Å². The number of aromatic nitrogens is 1. The fourth-order valence-electron chi connectivity index (χ4n) is 1.84. The molecule has 6 heteroatoms. The maximum absolute atomic E-state index is 12.0. The molecule has 0 aliphatic carbocycles. The smallest absolute Gasteiger partial charge is 0.212 e. The van der Waals surface area contributed by atoms with Crippen LogP contribution >= 0.6 is 27.5 Å². The van der Waals surface area contributed by atoms with Crippen molar-refractivity contribution >= 4 is 27.5 Å². The maximum atomic E-state index is 12.0. The van der Waals surface area contributed by atoms with Gasteiger partial charge in [-0.15, -0.1) is 6.07 Å². The zero-order valence-corrected chi connectivity index (χ0v) is 16.3. The number of pyridine rings is 1. The minimum absolute atomic E-state index is 0. The minimum atomic E-state index is -0.208. The van der Waals surface area contributed by atoms with Crippen LogP contribution in [0.3, 0.4) is 0 Å². The Morgan fingerprint density at radius 2 is 2.15 bits per heavy atom. The molecule has 0 unspecified atom stereocenters. The summed E-state index contributed by atoms with van der Waals surface area (Å²) in [4.78, 5) is 12.0. The van der Waals surface area contributed by atoms with Gasteiger partial charge in [-0.25, -0.2) is 0 Å². The molecular weight excluding hydrogens is 418 g/mol. The molecule has 1 heterocycles. The number of methoxy groups -OCH3 is 1. The third-order valence-electron chi connectivity index (χ3n) is 2.80. The number of nitrogens with zero attached hydrogens (tertiary/aromatic N) is 1. The monoisotopic (exact) mass is 429 g/mol. The van der Waals surface area contributed by atoms with Gasteiger partial charge in [-0.3, -0.25) is 4.79 Å². The Bertz CT molecular complexity index is 673. The predicted octanol–water partition coefficient (Wildman–Crippen LogP) is 3.76. The summed E-state index contributed by atoms with van der Waals surface area (Å²) in [5.41, 5.74) is 1.36. The molecule has 1 aromatic carbocycles. The second-order valence-corrected chi connectivity index (χ2v) is 5.14. The topological polar surface area (TPSA) is 31.2 Å². The molecule has 1 radical (unpaired) electrons. The van der Waals surface area contributed by atoms with Crippen molar-refractivity contribution in [2.45, 2.75) is 13.5 Å². The second-order valence-electron chi connectivity index (χ2n) is 3.88. The van der Waals surface area contributed by atoms with Crippen molar-refractivity contribution in [3.05, 3.63) is 50.2 Å². The molecule has 2 aromatic rings. The first-order chi connectivity index (χ1) is 9.08. The van der Waals surface area contributed by atoms with Crippen molar-refractivity contribution in [2.75, 3.05) is 7.11 Å². The molecule has 0 aliphatic heterocycles. The number of benzene rings is 1. The second kappa shape index (κ2) is 7.74. The average molecular weight is 431 g/mol. The molecule has 0 saturated carbocycles. The number of rotatable bonds is 3. The number of halogens is 2. The van der Waals surface area contributed by atoms with Crippen LogP contribution in [0.15, 0.2) is 33.5 Å². The van der Waals surface area contributed by atoms with Gasteiger partial charge in [-0.1, -0.05) is 27.2 Å². The Morgan fingerprint density at radius 1 is 1.45 bits per heavy atom. The van der Waals surface area contributed by atoms with Gasteiger partial charge < -0.3 is 9.30 Å². The van der Waals surface area contributed by atoms with Crippen LogP contribution in [0.1, 0.15) is 6.92 Å². The van der Waals surface area contributed by atoms with Crippen LogP contribution in [-0.4, -0.2) is 11.7 Å². The molecule has 2 rings (SSSR count). The summed E-state index contributed by atoms with van der Waals surface area (Å²) in [5, 5.41) is 0.176. The molecule has 1 aromatic heterocycles. The molecule has 0 atom stereocenters. The Morgan fingerprint density at radius 3 is 2.70 bits per heavy atom. The van der Waals surface area contributed by atoms with E-state index in [0.717, 1.165) is 15.8 Å². The van der Waals surface area contributed by atoms with Gasteiger partial charge in [0.25, 0.3) is 0 Å².